The van der Waals surface area contributed by atoms with Crippen LogP contribution in [0, 0.1) is 0 Å². The molecule has 0 unspecified atom stereocenters. The van der Waals surface area contributed by atoms with Gasteiger partial charge in [0.25, 0.3) is 0 Å². The molecule has 25 heavy (non-hydrogen) atoms. The molecule has 0 spiro atoms. The number of para-hydroxylation sites is 1. The highest BCUT2D eigenvalue weighted by atomic mass is 16.5. The van der Waals surface area contributed by atoms with Crippen molar-refractivity contribution in [1.82, 2.24) is 15.2 Å². The second kappa shape index (κ2) is 8.10. The summed E-state index contributed by atoms with van der Waals surface area (Å²) in [4.78, 5) is 4.47. The van der Waals surface area contributed by atoms with E-state index in [9.17, 15) is 0 Å². The number of rotatable bonds is 7. The van der Waals surface area contributed by atoms with Gasteiger partial charge in [-0.05, 0) is 35.7 Å². The summed E-state index contributed by atoms with van der Waals surface area (Å²) in [5.41, 5.74) is 3.37. The maximum atomic E-state index is 5.16. The maximum absolute atomic E-state index is 5.16. The first-order chi connectivity index (χ1) is 12.3. The number of nitrogens with one attached hydrogen (secondary N) is 2. The fourth-order valence-electron chi connectivity index (χ4n) is 2.45. The molecule has 0 fully saturated rings. The highest BCUT2D eigenvalue weighted by molar-refractivity contribution is 5.60. The number of aromatic nitrogens is 3. The zero-order chi connectivity index (χ0) is 17.5. The van der Waals surface area contributed by atoms with Crippen LogP contribution in [0.2, 0.25) is 0 Å². The van der Waals surface area contributed by atoms with Gasteiger partial charge in [-0.2, -0.15) is 10.1 Å². The van der Waals surface area contributed by atoms with Crippen LogP contribution >= 0.6 is 0 Å². The second-order valence-corrected chi connectivity index (χ2v) is 5.50. The lowest BCUT2D eigenvalue weighted by Crippen LogP contribution is -2.06. The van der Waals surface area contributed by atoms with Gasteiger partial charge in [-0.15, -0.1) is 5.10 Å². The number of benzene rings is 2. The van der Waals surface area contributed by atoms with E-state index in [1.165, 1.54) is 5.56 Å². The SMILES string of the molecule is CCc1ccccc1Nc1cnnc(NCc2ccc(OC)cc2)n1. The number of methoxy groups -OCH3 is 1. The van der Waals surface area contributed by atoms with Crippen molar-refractivity contribution in [2.45, 2.75) is 19.9 Å². The van der Waals surface area contributed by atoms with Crippen LogP contribution < -0.4 is 15.4 Å². The van der Waals surface area contributed by atoms with Crippen LogP contribution in [0.4, 0.5) is 17.5 Å². The van der Waals surface area contributed by atoms with E-state index in [0.717, 1.165) is 23.4 Å². The van der Waals surface area contributed by atoms with Crippen molar-refractivity contribution in [3.05, 3.63) is 65.9 Å². The fourth-order valence-corrected chi connectivity index (χ4v) is 2.45. The Hall–Kier alpha value is -3.15. The summed E-state index contributed by atoms with van der Waals surface area (Å²) in [5.74, 6) is 1.98. The van der Waals surface area contributed by atoms with E-state index in [1.54, 1.807) is 13.3 Å². The minimum absolute atomic E-state index is 0.481. The Balaban J connectivity index is 1.66. The van der Waals surface area contributed by atoms with Gasteiger partial charge in [0.15, 0.2) is 5.82 Å². The third kappa shape index (κ3) is 4.44. The van der Waals surface area contributed by atoms with Crippen molar-refractivity contribution < 1.29 is 4.74 Å². The molecule has 1 aromatic heterocycles. The van der Waals surface area contributed by atoms with Crippen molar-refractivity contribution >= 4 is 17.5 Å². The summed E-state index contributed by atoms with van der Waals surface area (Å²) in [6.07, 6.45) is 2.56. The minimum atomic E-state index is 0.481. The molecular formula is C19H21N5O. The Morgan fingerprint density at radius 3 is 2.60 bits per heavy atom. The molecule has 2 N–H and O–H groups in total. The Morgan fingerprint density at radius 1 is 1.04 bits per heavy atom. The molecule has 0 saturated heterocycles. The van der Waals surface area contributed by atoms with Gasteiger partial charge >= 0.3 is 0 Å². The van der Waals surface area contributed by atoms with E-state index >= 15 is 0 Å². The van der Waals surface area contributed by atoms with Crippen molar-refractivity contribution in [2.24, 2.45) is 0 Å². The Kier molecular flexibility index (Phi) is 5.41. The van der Waals surface area contributed by atoms with Gasteiger partial charge in [0.1, 0.15) is 5.75 Å². The average molecular weight is 335 g/mol. The van der Waals surface area contributed by atoms with Gasteiger partial charge in [-0.1, -0.05) is 37.3 Å². The summed E-state index contributed by atoms with van der Waals surface area (Å²) in [6, 6.07) is 16.0. The molecule has 0 saturated carbocycles. The minimum Gasteiger partial charge on any atom is -0.497 e. The topological polar surface area (TPSA) is 72.0 Å². The zero-order valence-electron chi connectivity index (χ0n) is 14.4. The third-order valence-corrected chi connectivity index (χ3v) is 3.83. The lowest BCUT2D eigenvalue weighted by atomic mass is 10.1. The maximum Gasteiger partial charge on any atom is 0.244 e. The van der Waals surface area contributed by atoms with Crippen molar-refractivity contribution in [2.75, 3.05) is 17.7 Å². The number of ether oxygens (including phenoxy) is 1. The van der Waals surface area contributed by atoms with E-state index in [1.807, 2.05) is 42.5 Å². The van der Waals surface area contributed by atoms with Crippen molar-refractivity contribution in [3.63, 3.8) is 0 Å². The number of anilines is 3. The molecule has 0 aliphatic carbocycles. The molecule has 0 amide bonds. The molecular weight excluding hydrogens is 314 g/mol. The molecule has 0 bridgehead atoms. The van der Waals surface area contributed by atoms with Gasteiger partial charge in [0.2, 0.25) is 5.95 Å². The molecule has 3 aromatic rings. The smallest absolute Gasteiger partial charge is 0.244 e. The molecule has 3 rings (SSSR count). The zero-order valence-corrected chi connectivity index (χ0v) is 14.4. The summed E-state index contributed by atoms with van der Waals surface area (Å²) < 4.78 is 5.16. The molecule has 0 radical (unpaired) electrons. The van der Waals surface area contributed by atoms with E-state index in [0.29, 0.717) is 18.3 Å². The lowest BCUT2D eigenvalue weighted by molar-refractivity contribution is 0.414. The van der Waals surface area contributed by atoms with Gasteiger partial charge in [0, 0.05) is 12.2 Å². The molecule has 0 atom stereocenters. The third-order valence-electron chi connectivity index (χ3n) is 3.83. The number of hydrogen-bond acceptors (Lipinski definition) is 6. The van der Waals surface area contributed by atoms with Crippen molar-refractivity contribution in [1.29, 1.82) is 0 Å². The molecule has 1 heterocycles. The molecule has 0 aliphatic heterocycles. The van der Waals surface area contributed by atoms with Crippen LogP contribution in [-0.2, 0) is 13.0 Å². The van der Waals surface area contributed by atoms with Crippen LogP contribution in [-0.4, -0.2) is 22.3 Å². The predicted molar refractivity (Wildman–Crippen MR) is 99.3 cm³/mol. The van der Waals surface area contributed by atoms with Crippen LogP contribution in [0.15, 0.2) is 54.7 Å². The highest BCUT2D eigenvalue weighted by Gasteiger charge is 2.04. The van der Waals surface area contributed by atoms with Crippen LogP contribution in [0.1, 0.15) is 18.1 Å². The van der Waals surface area contributed by atoms with Crippen molar-refractivity contribution in [3.8, 4) is 5.75 Å². The summed E-state index contributed by atoms with van der Waals surface area (Å²) >= 11 is 0. The van der Waals surface area contributed by atoms with E-state index in [2.05, 4.69) is 38.8 Å². The summed E-state index contributed by atoms with van der Waals surface area (Å²) in [5, 5.41) is 14.5. The van der Waals surface area contributed by atoms with Gasteiger partial charge in [-0.3, -0.25) is 0 Å². The normalized spacial score (nSPS) is 10.3. The Bertz CT molecular complexity index is 820. The first-order valence-electron chi connectivity index (χ1n) is 8.20. The lowest BCUT2D eigenvalue weighted by Gasteiger charge is -2.11. The predicted octanol–water partition coefficient (Wildman–Crippen LogP) is 3.80. The molecule has 2 aromatic carbocycles. The van der Waals surface area contributed by atoms with Crippen LogP contribution in [0.25, 0.3) is 0 Å². The van der Waals surface area contributed by atoms with E-state index < -0.39 is 0 Å². The first kappa shape index (κ1) is 16.7. The summed E-state index contributed by atoms with van der Waals surface area (Å²) in [7, 11) is 1.65. The second-order valence-electron chi connectivity index (χ2n) is 5.50. The number of aryl methyl sites for hydroxylation is 1. The Labute approximate surface area is 147 Å². The quantitative estimate of drug-likeness (QED) is 0.684. The fraction of sp³-hybridized carbons (Fsp3) is 0.211. The largest absolute Gasteiger partial charge is 0.497 e. The van der Waals surface area contributed by atoms with Gasteiger partial charge < -0.3 is 15.4 Å². The monoisotopic (exact) mass is 335 g/mol. The van der Waals surface area contributed by atoms with Gasteiger partial charge in [-0.25, -0.2) is 0 Å². The van der Waals surface area contributed by atoms with Crippen LogP contribution in [0.5, 0.6) is 5.75 Å². The van der Waals surface area contributed by atoms with Gasteiger partial charge in [0.05, 0.1) is 13.3 Å². The molecule has 0 aliphatic rings. The first-order valence-corrected chi connectivity index (χ1v) is 8.20. The van der Waals surface area contributed by atoms with E-state index in [-0.39, 0.29) is 0 Å². The molecule has 6 heteroatoms. The number of hydrogen-bond donors (Lipinski definition) is 2. The van der Waals surface area contributed by atoms with Crippen LogP contribution in [0.3, 0.4) is 0 Å². The van der Waals surface area contributed by atoms with E-state index in [4.69, 9.17) is 4.74 Å². The average Bonchev–Trinajstić information content (AvgIpc) is 2.67. The number of nitrogens with zero attached hydrogens (tertiary/aromatic N) is 3. The molecule has 6 nitrogen and oxygen atoms in total. The summed E-state index contributed by atoms with van der Waals surface area (Å²) in [6.45, 7) is 2.74. The Morgan fingerprint density at radius 2 is 1.84 bits per heavy atom. The highest BCUT2D eigenvalue weighted by Crippen LogP contribution is 2.20. The molecule has 128 valence electrons. The standard InChI is InChI=1S/C19H21N5O/c1-3-15-6-4-5-7-17(15)22-18-13-21-24-19(23-18)20-12-14-8-10-16(25-2)11-9-14/h4-11,13H,3,12H2,1-2H3,(H2,20,22,23,24).